The second kappa shape index (κ2) is 4.92. The monoisotopic (exact) mass is 315 g/mol. The number of hydrogen-bond donors (Lipinski definition) is 0. The minimum atomic E-state index is 0.219. The van der Waals surface area contributed by atoms with E-state index in [4.69, 9.17) is 4.98 Å². The van der Waals surface area contributed by atoms with Gasteiger partial charge < -0.3 is 0 Å². The first-order valence-electron chi connectivity index (χ1n) is 8.80. The molecular formula is C23H25N. The van der Waals surface area contributed by atoms with Crippen molar-refractivity contribution in [3.05, 3.63) is 65.2 Å². The number of benzene rings is 2. The van der Waals surface area contributed by atoms with Crippen LogP contribution in [-0.2, 0) is 10.8 Å². The van der Waals surface area contributed by atoms with Crippen molar-refractivity contribution in [2.75, 3.05) is 0 Å². The Hall–Kier alpha value is -2.15. The molecule has 1 heteroatoms. The highest BCUT2D eigenvalue weighted by Gasteiger charge is 2.42. The molecule has 0 aliphatic heterocycles. The molecule has 4 rings (SSSR count). The van der Waals surface area contributed by atoms with Crippen LogP contribution in [0.5, 0.6) is 0 Å². The zero-order valence-electron chi connectivity index (χ0n) is 15.3. The molecule has 0 unspecified atom stereocenters. The molecule has 122 valence electrons. The minimum absolute atomic E-state index is 0.219. The van der Waals surface area contributed by atoms with E-state index in [0.717, 1.165) is 11.2 Å². The van der Waals surface area contributed by atoms with Crippen molar-refractivity contribution >= 4 is 10.9 Å². The van der Waals surface area contributed by atoms with Gasteiger partial charge in [0.15, 0.2) is 0 Å². The fourth-order valence-electron chi connectivity index (χ4n) is 4.88. The average Bonchev–Trinajstić information content (AvgIpc) is 2.71. The topological polar surface area (TPSA) is 12.9 Å². The van der Waals surface area contributed by atoms with Crippen molar-refractivity contribution in [2.45, 2.75) is 51.9 Å². The van der Waals surface area contributed by atoms with Crippen LogP contribution < -0.4 is 0 Å². The summed E-state index contributed by atoms with van der Waals surface area (Å²) in [5, 5.41) is 1.19. The molecular weight excluding hydrogens is 290 g/mol. The van der Waals surface area contributed by atoms with Crippen LogP contribution in [0.25, 0.3) is 22.2 Å². The highest BCUT2D eigenvalue weighted by Crippen LogP contribution is 2.51. The summed E-state index contributed by atoms with van der Waals surface area (Å²) in [7, 11) is 0. The predicted molar refractivity (Wildman–Crippen MR) is 103 cm³/mol. The zero-order chi connectivity index (χ0) is 17.1. The maximum Gasteiger partial charge on any atom is 0.0709 e. The van der Waals surface area contributed by atoms with Gasteiger partial charge in [0.25, 0.3) is 0 Å². The van der Waals surface area contributed by atoms with Gasteiger partial charge in [0, 0.05) is 10.9 Å². The molecule has 0 radical (unpaired) electrons. The van der Waals surface area contributed by atoms with E-state index >= 15 is 0 Å². The van der Waals surface area contributed by atoms with Crippen molar-refractivity contribution < 1.29 is 0 Å². The van der Waals surface area contributed by atoms with Gasteiger partial charge in [-0.2, -0.15) is 0 Å². The molecule has 0 atom stereocenters. The molecule has 1 aliphatic carbocycles. The summed E-state index contributed by atoms with van der Waals surface area (Å²) >= 11 is 0. The van der Waals surface area contributed by atoms with Crippen LogP contribution in [0.2, 0.25) is 0 Å². The molecule has 0 spiro atoms. The van der Waals surface area contributed by atoms with Gasteiger partial charge in [-0.1, -0.05) is 52.0 Å². The Morgan fingerprint density at radius 3 is 2.42 bits per heavy atom. The van der Waals surface area contributed by atoms with E-state index in [1.165, 1.54) is 34.1 Å². The summed E-state index contributed by atoms with van der Waals surface area (Å²) in [6.45, 7) is 11.8. The smallest absolute Gasteiger partial charge is 0.0709 e. The molecule has 3 aromatic rings. The van der Waals surface area contributed by atoms with Gasteiger partial charge in [-0.15, -0.1) is 0 Å². The predicted octanol–water partition coefficient (Wildman–Crippen LogP) is 6.17. The maximum absolute atomic E-state index is 4.90. The van der Waals surface area contributed by atoms with Crippen molar-refractivity contribution in [1.29, 1.82) is 0 Å². The Labute approximate surface area is 144 Å². The summed E-state index contributed by atoms with van der Waals surface area (Å²) in [5.74, 6) is 0. The number of hydrogen-bond acceptors (Lipinski definition) is 1. The molecule has 1 heterocycles. The van der Waals surface area contributed by atoms with E-state index in [1.54, 1.807) is 0 Å². The van der Waals surface area contributed by atoms with Crippen molar-refractivity contribution in [3.8, 4) is 11.3 Å². The molecule has 1 aromatic heterocycles. The van der Waals surface area contributed by atoms with Crippen molar-refractivity contribution in [2.24, 2.45) is 0 Å². The van der Waals surface area contributed by atoms with Gasteiger partial charge in [0.1, 0.15) is 0 Å². The zero-order valence-corrected chi connectivity index (χ0v) is 15.3. The van der Waals surface area contributed by atoms with Crippen LogP contribution >= 0.6 is 0 Å². The molecule has 2 aromatic carbocycles. The minimum Gasteiger partial charge on any atom is -0.248 e. The molecule has 1 nitrogen and oxygen atoms in total. The Morgan fingerprint density at radius 1 is 0.875 bits per heavy atom. The third-order valence-corrected chi connectivity index (χ3v) is 5.52. The van der Waals surface area contributed by atoms with Crippen LogP contribution in [0.3, 0.4) is 0 Å². The van der Waals surface area contributed by atoms with E-state index < -0.39 is 0 Å². The van der Waals surface area contributed by atoms with Crippen LogP contribution in [-0.4, -0.2) is 4.98 Å². The van der Waals surface area contributed by atoms with E-state index in [9.17, 15) is 0 Å². The van der Waals surface area contributed by atoms with Crippen LogP contribution in [0, 0.1) is 6.92 Å². The van der Waals surface area contributed by atoms with E-state index in [0.29, 0.717) is 0 Å². The second-order valence-electron chi connectivity index (χ2n) is 8.55. The average molecular weight is 315 g/mol. The fraction of sp³-hybridized carbons (Fsp3) is 0.348. The van der Waals surface area contributed by atoms with Crippen LogP contribution in [0.1, 0.15) is 50.8 Å². The number of nitrogens with zero attached hydrogens (tertiary/aromatic N) is 1. The van der Waals surface area contributed by atoms with E-state index in [1.807, 2.05) is 0 Å². The first-order chi connectivity index (χ1) is 11.3. The lowest BCUT2D eigenvalue weighted by atomic mass is 9.81. The molecule has 24 heavy (non-hydrogen) atoms. The fourth-order valence-corrected chi connectivity index (χ4v) is 4.88. The molecule has 0 fully saturated rings. The third kappa shape index (κ3) is 2.26. The SMILES string of the molecule is Cc1cc(-c2ccc3ccccc3n2)cc2c1C(C)(C)CC2(C)C. The van der Waals surface area contributed by atoms with Crippen LogP contribution in [0.4, 0.5) is 0 Å². The Morgan fingerprint density at radius 2 is 1.62 bits per heavy atom. The molecule has 0 bridgehead atoms. The van der Waals surface area contributed by atoms with Gasteiger partial charge in [-0.25, -0.2) is 4.98 Å². The molecule has 0 amide bonds. The number of aromatic nitrogens is 1. The number of para-hydroxylation sites is 1. The lowest BCUT2D eigenvalue weighted by Gasteiger charge is -2.23. The molecule has 0 saturated carbocycles. The number of pyridine rings is 1. The van der Waals surface area contributed by atoms with Gasteiger partial charge in [0.2, 0.25) is 0 Å². The quantitative estimate of drug-likeness (QED) is 0.523. The standard InChI is InChI=1S/C23H25N/c1-15-12-17(13-18-21(15)23(4,5)14-22(18,2)3)20-11-10-16-8-6-7-9-19(16)24-20/h6-13H,14H2,1-5H3. The summed E-state index contributed by atoms with van der Waals surface area (Å²) in [4.78, 5) is 4.90. The van der Waals surface area contributed by atoms with Crippen molar-refractivity contribution in [1.82, 2.24) is 4.98 Å². The summed E-state index contributed by atoms with van der Waals surface area (Å²) in [6, 6.07) is 17.4. The van der Waals surface area contributed by atoms with Gasteiger partial charge in [0.05, 0.1) is 11.2 Å². The lowest BCUT2D eigenvalue weighted by Crippen LogP contribution is -2.18. The molecule has 0 N–H and O–H groups in total. The second-order valence-corrected chi connectivity index (χ2v) is 8.55. The van der Waals surface area contributed by atoms with Gasteiger partial charge in [-0.05, 0) is 65.1 Å². The molecule has 0 saturated heterocycles. The number of rotatable bonds is 1. The Kier molecular flexibility index (Phi) is 3.16. The highest BCUT2D eigenvalue weighted by atomic mass is 14.7. The largest absolute Gasteiger partial charge is 0.248 e. The number of fused-ring (bicyclic) bond motifs is 2. The summed E-state index contributed by atoms with van der Waals surface area (Å²) in [6.07, 6.45) is 1.20. The lowest BCUT2D eigenvalue weighted by molar-refractivity contribution is 0.402. The summed E-state index contributed by atoms with van der Waals surface area (Å²) in [5.41, 5.74) is 8.27. The Balaban J connectivity index is 1.92. The van der Waals surface area contributed by atoms with Gasteiger partial charge >= 0.3 is 0 Å². The van der Waals surface area contributed by atoms with Gasteiger partial charge in [-0.3, -0.25) is 0 Å². The van der Waals surface area contributed by atoms with Crippen LogP contribution in [0.15, 0.2) is 48.5 Å². The Bertz CT molecular complexity index is 947. The third-order valence-electron chi connectivity index (χ3n) is 5.52. The number of aryl methyl sites for hydroxylation is 1. The molecule has 1 aliphatic rings. The van der Waals surface area contributed by atoms with E-state index in [2.05, 4.69) is 83.1 Å². The highest BCUT2D eigenvalue weighted by molar-refractivity contribution is 5.81. The summed E-state index contributed by atoms with van der Waals surface area (Å²) < 4.78 is 0. The maximum atomic E-state index is 4.90. The first-order valence-corrected chi connectivity index (χ1v) is 8.80. The normalized spacial score (nSPS) is 17.9. The van der Waals surface area contributed by atoms with Crippen molar-refractivity contribution in [3.63, 3.8) is 0 Å². The first kappa shape index (κ1) is 15.4. The van der Waals surface area contributed by atoms with E-state index in [-0.39, 0.29) is 10.8 Å².